The summed E-state index contributed by atoms with van der Waals surface area (Å²) in [5.41, 5.74) is 14.2. The van der Waals surface area contributed by atoms with Gasteiger partial charge in [0, 0.05) is 17.3 Å². The van der Waals surface area contributed by atoms with Crippen LogP contribution in [0.2, 0.25) is 0 Å². The van der Waals surface area contributed by atoms with Gasteiger partial charge in [-0.25, -0.2) is 17.4 Å². The molecule has 1 saturated carbocycles. The second-order valence-electron chi connectivity index (χ2n) is 8.49. The van der Waals surface area contributed by atoms with Crippen molar-refractivity contribution < 1.29 is 8.42 Å². The van der Waals surface area contributed by atoms with Crippen molar-refractivity contribution in [1.82, 2.24) is 3.97 Å². The van der Waals surface area contributed by atoms with Gasteiger partial charge in [-0.1, -0.05) is 24.1 Å². The molecule has 2 heterocycles. The number of aryl methyl sites for hydroxylation is 1. The largest absolute Gasteiger partial charge is 0.369 e. The van der Waals surface area contributed by atoms with Crippen LogP contribution in [0.4, 0.5) is 5.69 Å². The fourth-order valence-corrected chi connectivity index (χ4v) is 6.13. The second kappa shape index (κ2) is 7.37. The highest BCUT2D eigenvalue weighted by Crippen LogP contribution is 2.40. The Morgan fingerprint density at radius 3 is 2.41 bits per heavy atom. The summed E-state index contributed by atoms with van der Waals surface area (Å²) in [7, 11) is -3.71. The number of hydrogen-bond donors (Lipinski definition) is 2. The Balaban J connectivity index is 1.58. The van der Waals surface area contributed by atoms with Crippen molar-refractivity contribution in [3.8, 4) is 0 Å². The molecule has 1 spiro atoms. The molecule has 3 aromatic rings. The molecule has 2 aliphatic rings. The van der Waals surface area contributed by atoms with Gasteiger partial charge in [-0.05, 0) is 69.0 Å². The lowest BCUT2D eigenvalue weighted by Gasteiger charge is -2.45. The monoisotopic (exact) mass is 450 g/mol. The lowest BCUT2D eigenvalue weighted by atomic mass is 9.87. The van der Waals surface area contributed by atoms with Crippen molar-refractivity contribution in [3.63, 3.8) is 0 Å². The number of aromatic nitrogens is 1. The van der Waals surface area contributed by atoms with E-state index in [1.807, 2.05) is 30.0 Å². The van der Waals surface area contributed by atoms with E-state index in [-0.39, 0.29) is 10.9 Å². The fraction of sp³-hybridized carbons (Fsp3) is 0.304. The molecular formula is C23H26N6O2S. The third-order valence-corrected chi connectivity index (χ3v) is 8.03. The molecule has 0 atom stereocenters. The average molecular weight is 451 g/mol. The zero-order chi connectivity index (χ0) is 22.5. The maximum atomic E-state index is 13.2. The van der Waals surface area contributed by atoms with Gasteiger partial charge < -0.3 is 11.5 Å². The Bertz CT molecular complexity index is 1350. The molecule has 0 saturated heterocycles. The van der Waals surface area contributed by atoms with Crippen LogP contribution in [0.5, 0.6) is 0 Å². The molecule has 1 aromatic heterocycles. The lowest BCUT2D eigenvalue weighted by Crippen LogP contribution is -2.58. The Labute approximate surface area is 187 Å². The zero-order valence-corrected chi connectivity index (χ0v) is 18.7. The number of fused-ring (bicyclic) bond motifs is 1. The SMILES string of the molecule is Cc1ccc(S(=O)(=O)n2ccc3cc(N4C(N)=NC(N)=NC45CCCCC5)ccc32)cc1. The maximum absolute atomic E-state index is 13.2. The fourth-order valence-electron chi connectivity index (χ4n) is 4.77. The summed E-state index contributed by atoms with van der Waals surface area (Å²) in [4.78, 5) is 11.1. The van der Waals surface area contributed by atoms with Crippen LogP contribution in [-0.4, -0.2) is 30.0 Å². The highest BCUT2D eigenvalue weighted by atomic mass is 32.2. The van der Waals surface area contributed by atoms with Gasteiger partial charge in [0.25, 0.3) is 10.0 Å². The van der Waals surface area contributed by atoms with Crippen molar-refractivity contribution in [2.24, 2.45) is 21.5 Å². The summed E-state index contributed by atoms with van der Waals surface area (Å²) < 4.78 is 27.8. The number of nitrogens with zero attached hydrogens (tertiary/aromatic N) is 4. The van der Waals surface area contributed by atoms with Crippen molar-refractivity contribution in [3.05, 3.63) is 60.3 Å². The van der Waals surface area contributed by atoms with E-state index in [2.05, 4.69) is 4.99 Å². The van der Waals surface area contributed by atoms with Gasteiger partial charge in [0.2, 0.25) is 11.9 Å². The quantitative estimate of drug-likeness (QED) is 0.635. The first kappa shape index (κ1) is 20.6. The van der Waals surface area contributed by atoms with Crippen LogP contribution >= 0.6 is 0 Å². The smallest absolute Gasteiger partial charge is 0.268 e. The van der Waals surface area contributed by atoms with E-state index in [0.717, 1.165) is 48.7 Å². The third kappa shape index (κ3) is 3.24. The number of hydrogen-bond acceptors (Lipinski definition) is 7. The van der Waals surface area contributed by atoms with E-state index in [9.17, 15) is 8.42 Å². The number of benzene rings is 2. The Morgan fingerprint density at radius 1 is 0.969 bits per heavy atom. The summed E-state index contributed by atoms with van der Waals surface area (Å²) in [6.07, 6.45) is 6.49. The third-order valence-electron chi connectivity index (χ3n) is 6.33. The predicted molar refractivity (Wildman–Crippen MR) is 127 cm³/mol. The predicted octanol–water partition coefficient (Wildman–Crippen LogP) is 3.30. The second-order valence-corrected chi connectivity index (χ2v) is 10.3. The minimum Gasteiger partial charge on any atom is -0.369 e. The standard InChI is InChI=1S/C23H26N6O2S/c1-16-5-8-19(9-6-16)32(30,31)28-14-11-17-15-18(7-10-20(17)28)29-22(25)26-21(24)27-23(29)12-3-2-4-13-23/h5-11,14-15H,2-4,12-13H2,1H3,(H4,24,25,26,27). The van der Waals surface area contributed by atoms with Crippen LogP contribution in [0.15, 0.2) is 69.6 Å². The average Bonchev–Trinajstić information content (AvgIpc) is 3.18. The highest BCUT2D eigenvalue weighted by Gasteiger charge is 2.42. The van der Waals surface area contributed by atoms with Crippen LogP contribution < -0.4 is 16.4 Å². The molecule has 4 N–H and O–H groups in total. The Morgan fingerprint density at radius 2 is 1.69 bits per heavy atom. The van der Waals surface area contributed by atoms with Gasteiger partial charge in [-0.3, -0.25) is 4.90 Å². The number of guanidine groups is 2. The van der Waals surface area contributed by atoms with Crippen molar-refractivity contribution in [2.45, 2.75) is 49.6 Å². The van der Waals surface area contributed by atoms with E-state index < -0.39 is 15.7 Å². The molecular weight excluding hydrogens is 424 g/mol. The van der Waals surface area contributed by atoms with Crippen LogP contribution in [0.1, 0.15) is 37.7 Å². The molecule has 5 rings (SSSR count). The maximum Gasteiger partial charge on any atom is 0.268 e. The number of anilines is 1. The van der Waals surface area contributed by atoms with E-state index in [0.29, 0.717) is 11.5 Å². The molecule has 166 valence electrons. The van der Waals surface area contributed by atoms with Gasteiger partial charge in [0.1, 0.15) is 5.66 Å². The summed E-state index contributed by atoms with van der Waals surface area (Å²) >= 11 is 0. The normalized spacial score (nSPS) is 18.6. The van der Waals surface area contributed by atoms with Gasteiger partial charge in [0.05, 0.1) is 10.4 Å². The summed E-state index contributed by atoms with van der Waals surface area (Å²) in [6.45, 7) is 1.93. The van der Waals surface area contributed by atoms with Crippen LogP contribution in [0.25, 0.3) is 10.9 Å². The number of rotatable bonds is 3. The van der Waals surface area contributed by atoms with Crippen LogP contribution in [-0.2, 0) is 10.0 Å². The summed E-state index contributed by atoms with van der Waals surface area (Å²) in [6, 6.07) is 14.3. The minimum absolute atomic E-state index is 0.206. The van der Waals surface area contributed by atoms with Crippen molar-refractivity contribution >= 4 is 38.5 Å². The number of nitrogens with two attached hydrogens (primary N) is 2. The molecule has 2 aromatic carbocycles. The van der Waals surface area contributed by atoms with Gasteiger partial charge >= 0.3 is 0 Å². The zero-order valence-electron chi connectivity index (χ0n) is 17.9. The first-order valence-electron chi connectivity index (χ1n) is 10.7. The lowest BCUT2D eigenvalue weighted by molar-refractivity contribution is 0.305. The molecule has 32 heavy (non-hydrogen) atoms. The van der Waals surface area contributed by atoms with E-state index in [1.54, 1.807) is 36.5 Å². The number of aliphatic imine (C=N–C) groups is 2. The van der Waals surface area contributed by atoms with Crippen molar-refractivity contribution in [1.29, 1.82) is 0 Å². The van der Waals surface area contributed by atoms with E-state index >= 15 is 0 Å². The molecule has 0 radical (unpaired) electrons. The first-order valence-corrected chi connectivity index (χ1v) is 12.2. The molecule has 1 fully saturated rings. The molecule has 0 unspecified atom stereocenters. The van der Waals surface area contributed by atoms with Crippen LogP contribution in [0, 0.1) is 6.92 Å². The summed E-state index contributed by atoms with van der Waals surface area (Å²) in [5.74, 6) is 0.516. The van der Waals surface area contributed by atoms with Crippen LogP contribution in [0.3, 0.4) is 0 Å². The Hall–Kier alpha value is -3.33. The first-order chi connectivity index (χ1) is 15.3. The molecule has 1 aliphatic heterocycles. The molecule has 0 bridgehead atoms. The van der Waals surface area contributed by atoms with Crippen molar-refractivity contribution in [2.75, 3.05) is 4.90 Å². The van der Waals surface area contributed by atoms with Gasteiger partial charge in [-0.2, -0.15) is 4.99 Å². The minimum atomic E-state index is -3.71. The van der Waals surface area contributed by atoms with Gasteiger partial charge in [-0.15, -0.1) is 0 Å². The Kier molecular flexibility index (Phi) is 4.74. The summed E-state index contributed by atoms with van der Waals surface area (Å²) in [5, 5.41) is 0.791. The molecule has 1 aliphatic carbocycles. The molecule has 9 heteroatoms. The van der Waals surface area contributed by atoms with Gasteiger partial charge in [0.15, 0.2) is 0 Å². The molecule has 0 amide bonds. The topological polar surface area (TPSA) is 119 Å². The highest BCUT2D eigenvalue weighted by molar-refractivity contribution is 7.90. The van der Waals surface area contributed by atoms with E-state index in [4.69, 9.17) is 16.5 Å². The van der Waals surface area contributed by atoms with E-state index in [1.165, 1.54) is 3.97 Å². The molecule has 8 nitrogen and oxygen atoms in total.